The molecule has 2 aromatic heterocycles. The van der Waals surface area contributed by atoms with Gasteiger partial charge in [-0.05, 0) is 65.8 Å². The predicted molar refractivity (Wildman–Crippen MR) is 150 cm³/mol. The SMILES string of the molecule is CC1CCc2c(sc3nc(SCC(=O)Nc4ccc5ccccc5c4)n(-c4ccccc4)c(=O)c23)C1. The molecule has 1 aliphatic rings. The largest absolute Gasteiger partial charge is 0.325 e. The minimum atomic E-state index is -0.136. The molecule has 0 saturated carbocycles. The predicted octanol–water partition coefficient (Wildman–Crippen LogP) is 6.46. The molecule has 1 N–H and O–H groups in total. The number of carbonyl (C=O) groups excluding carboxylic acids is 1. The molecule has 1 amide bonds. The smallest absolute Gasteiger partial charge is 0.267 e. The quantitative estimate of drug-likeness (QED) is 0.217. The highest BCUT2D eigenvalue weighted by Crippen LogP contribution is 2.37. The summed E-state index contributed by atoms with van der Waals surface area (Å²) in [4.78, 5) is 33.7. The van der Waals surface area contributed by atoms with Gasteiger partial charge in [0.1, 0.15) is 4.83 Å². The molecule has 2 heterocycles. The van der Waals surface area contributed by atoms with Crippen molar-refractivity contribution in [3.05, 3.63) is 93.6 Å². The zero-order valence-electron chi connectivity index (χ0n) is 19.9. The highest BCUT2D eigenvalue weighted by molar-refractivity contribution is 7.99. The number of thiophene rings is 1. The number of anilines is 1. The van der Waals surface area contributed by atoms with Gasteiger partial charge in [0.2, 0.25) is 5.91 Å². The molecule has 0 spiro atoms. The summed E-state index contributed by atoms with van der Waals surface area (Å²) in [5, 5.41) is 6.47. The van der Waals surface area contributed by atoms with Gasteiger partial charge in [0, 0.05) is 10.6 Å². The van der Waals surface area contributed by atoms with Crippen molar-refractivity contribution < 1.29 is 4.79 Å². The molecule has 0 bridgehead atoms. The Morgan fingerprint density at radius 2 is 1.86 bits per heavy atom. The molecule has 1 aliphatic carbocycles. The van der Waals surface area contributed by atoms with Crippen molar-refractivity contribution in [2.75, 3.05) is 11.1 Å². The maximum Gasteiger partial charge on any atom is 0.267 e. The van der Waals surface area contributed by atoms with Gasteiger partial charge in [-0.3, -0.25) is 14.2 Å². The summed E-state index contributed by atoms with van der Waals surface area (Å²) in [5.41, 5.74) is 2.64. The van der Waals surface area contributed by atoms with Crippen molar-refractivity contribution in [1.29, 1.82) is 0 Å². The molecule has 180 valence electrons. The first-order valence-corrected chi connectivity index (χ1v) is 13.9. The van der Waals surface area contributed by atoms with Crippen molar-refractivity contribution >= 4 is 55.7 Å². The average molecular weight is 512 g/mol. The second-order valence-corrected chi connectivity index (χ2v) is 11.3. The highest BCUT2D eigenvalue weighted by Gasteiger charge is 2.25. The molecule has 7 heteroatoms. The van der Waals surface area contributed by atoms with E-state index in [1.54, 1.807) is 15.9 Å². The summed E-state index contributed by atoms with van der Waals surface area (Å²) in [6.45, 7) is 2.26. The number of nitrogens with one attached hydrogen (secondary N) is 1. The van der Waals surface area contributed by atoms with E-state index in [0.717, 1.165) is 51.6 Å². The van der Waals surface area contributed by atoms with Crippen LogP contribution in [0.3, 0.4) is 0 Å². The number of amides is 1. The fourth-order valence-corrected chi connectivity index (χ4v) is 7.10. The monoisotopic (exact) mass is 511 g/mol. The Morgan fingerprint density at radius 1 is 1.08 bits per heavy atom. The lowest BCUT2D eigenvalue weighted by atomic mass is 9.89. The number of benzene rings is 3. The van der Waals surface area contributed by atoms with E-state index in [0.29, 0.717) is 11.1 Å². The first kappa shape index (κ1) is 23.0. The number of para-hydroxylation sites is 1. The molecule has 1 unspecified atom stereocenters. The minimum Gasteiger partial charge on any atom is -0.325 e. The number of nitrogens with zero attached hydrogens (tertiary/aromatic N) is 2. The highest BCUT2D eigenvalue weighted by atomic mass is 32.2. The van der Waals surface area contributed by atoms with Crippen LogP contribution in [0, 0.1) is 5.92 Å². The number of hydrogen-bond donors (Lipinski definition) is 1. The first-order chi connectivity index (χ1) is 17.6. The van der Waals surface area contributed by atoms with E-state index in [1.165, 1.54) is 22.2 Å². The number of aryl methyl sites for hydroxylation is 1. The van der Waals surface area contributed by atoms with Gasteiger partial charge < -0.3 is 5.32 Å². The van der Waals surface area contributed by atoms with Crippen molar-refractivity contribution in [1.82, 2.24) is 9.55 Å². The van der Waals surface area contributed by atoms with E-state index >= 15 is 0 Å². The van der Waals surface area contributed by atoms with Gasteiger partial charge in [0.05, 0.1) is 16.8 Å². The molecule has 3 aromatic carbocycles. The second-order valence-electron chi connectivity index (χ2n) is 9.30. The van der Waals surface area contributed by atoms with Crippen molar-refractivity contribution in [2.45, 2.75) is 31.3 Å². The van der Waals surface area contributed by atoms with Gasteiger partial charge in [0.15, 0.2) is 5.16 Å². The van der Waals surface area contributed by atoms with Crippen LogP contribution in [0.25, 0.3) is 26.7 Å². The molecule has 5 nitrogen and oxygen atoms in total. The van der Waals surface area contributed by atoms with Crippen LogP contribution in [0.1, 0.15) is 23.8 Å². The van der Waals surface area contributed by atoms with Crippen LogP contribution in [-0.4, -0.2) is 21.2 Å². The van der Waals surface area contributed by atoms with Crippen molar-refractivity contribution in [3.63, 3.8) is 0 Å². The molecule has 0 saturated heterocycles. The summed E-state index contributed by atoms with van der Waals surface area (Å²) in [6.07, 6.45) is 3.01. The third-order valence-electron chi connectivity index (χ3n) is 6.68. The molecule has 0 radical (unpaired) electrons. The fraction of sp³-hybridized carbons (Fsp3) is 0.207. The van der Waals surface area contributed by atoms with Crippen molar-refractivity contribution in [3.8, 4) is 5.69 Å². The minimum absolute atomic E-state index is 0.0457. The lowest BCUT2D eigenvalue weighted by Crippen LogP contribution is -2.23. The number of fused-ring (bicyclic) bond motifs is 4. The van der Waals surface area contributed by atoms with Gasteiger partial charge in [-0.2, -0.15) is 0 Å². The number of aromatic nitrogens is 2. The van der Waals surface area contributed by atoms with E-state index in [4.69, 9.17) is 4.98 Å². The van der Waals surface area contributed by atoms with E-state index in [2.05, 4.69) is 12.2 Å². The Balaban J connectivity index is 1.33. The molecule has 36 heavy (non-hydrogen) atoms. The van der Waals surface area contributed by atoms with E-state index in [1.807, 2.05) is 72.8 Å². The molecular weight excluding hydrogens is 486 g/mol. The lowest BCUT2D eigenvalue weighted by Gasteiger charge is -2.17. The zero-order valence-corrected chi connectivity index (χ0v) is 21.5. The van der Waals surface area contributed by atoms with E-state index < -0.39 is 0 Å². The second kappa shape index (κ2) is 9.56. The number of carbonyl (C=O) groups is 1. The Hall–Kier alpha value is -3.42. The Kier molecular flexibility index (Phi) is 6.11. The fourth-order valence-electron chi connectivity index (χ4n) is 4.87. The topological polar surface area (TPSA) is 64.0 Å². The maximum atomic E-state index is 13.8. The van der Waals surface area contributed by atoms with E-state index in [9.17, 15) is 9.59 Å². The van der Waals surface area contributed by atoms with Crippen LogP contribution < -0.4 is 10.9 Å². The van der Waals surface area contributed by atoms with Gasteiger partial charge in [-0.1, -0.05) is 67.2 Å². The zero-order chi connectivity index (χ0) is 24.6. The van der Waals surface area contributed by atoms with Crippen LogP contribution in [0.5, 0.6) is 0 Å². The van der Waals surface area contributed by atoms with Crippen LogP contribution in [0.4, 0.5) is 5.69 Å². The number of hydrogen-bond acceptors (Lipinski definition) is 5. The van der Waals surface area contributed by atoms with Crippen LogP contribution in [0.15, 0.2) is 82.7 Å². The third kappa shape index (κ3) is 4.33. The van der Waals surface area contributed by atoms with Crippen LogP contribution in [-0.2, 0) is 17.6 Å². The standard InChI is InChI=1S/C29H25N3O2S2/c1-18-11-14-23-24(15-18)36-27-26(23)28(34)32(22-9-3-2-4-10-22)29(31-27)35-17-25(33)30-21-13-12-19-7-5-6-8-20(19)16-21/h2-10,12-13,16,18H,11,14-15,17H2,1H3,(H,30,33). The Bertz CT molecular complexity index is 1660. The molecule has 6 rings (SSSR count). The summed E-state index contributed by atoms with van der Waals surface area (Å²) in [6, 6.07) is 23.5. The first-order valence-electron chi connectivity index (χ1n) is 12.1. The molecule has 0 aliphatic heterocycles. The van der Waals surface area contributed by atoms with Crippen LogP contribution in [0.2, 0.25) is 0 Å². The van der Waals surface area contributed by atoms with Gasteiger partial charge in [-0.25, -0.2) is 4.98 Å². The number of thioether (sulfide) groups is 1. The molecule has 0 fully saturated rings. The summed E-state index contributed by atoms with van der Waals surface area (Å²) in [7, 11) is 0. The summed E-state index contributed by atoms with van der Waals surface area (Å²) < 4.78 is 1.67. The third-order valence-corrected chi connectivity index (χ3v) is 8.77. The maximum absolute atomic E-state index is 13.8. The summed E-state index contributed by atoms with van der Waals surface area (Å²) >= 11 is 2.93. The molecular formula is C29H25N3O2S2. The van der Waals surface area contributed by atoms with Gasteiger partial charge in [-0.15, -0.1) is 11.3 Å². The average Bonchev–Trinajstić information content (AvgIpc) is 3.25. The van der Waals surface area contributed by atoms with Crippen LogP contribution >= 0.6 is 23.1 Å². The van der Waals surface area contributed by atoms with E-state index in [-0.39, 0.29) is 17.2 Å². The normalized spacial score (nSPS) is 15.2. The summed E-state index contributed by atoms with van der Waals surface area (Å²) in [5.74, 6) is 0.637. The Morgan fingerprint density at radius 3 is 2.69 bits per heavy atom. The number of rotatable bonds is 5. The van der Waals surface area contributed by atoms with Gasteiger partial charge in [0.25, 0.3) is 5.56 Å². The van der Waals surface area contributed by atoms with Gasteiger partial charge >= 0.3 is 0 Å². The lowest BCUT2D eigenvalue weighted by molar-refractivity contribution is -0.113. The molecule has 5 aromatic rings. The van der Waals surface area contributed by atoms with Crippen molar-refractivity contribution in [2.24, 2.45) is 5.92 Å². The molecule has 1 atom stereocenters. The Labute approximate surface area is 217 Å².